The van der Waals surface area contributed by atoms with Crippen LogP contribution >= 0.6 is 27.3 Å². The Labute approximate surface area is 109 Å². The smallest absolute Gasteiger partial charge is 0.126 e. The molecule has 0 bridgehead atoms. The van der Waals surface area contributed by atoms with Gasteiger partial charge in [-0.2, -0.15) is 0 Å². The van der Waals surface area contributed by atoms with Gasteiger partial charge in [0.05, 0.1) is 0 Å². The third kappa shape index (κ3) is 2.20. The first-order valence-corrected chi connectivity index (χ1v) is 7.35. The fourth-order valence-electron chi connectivity index (χ4n) is 2.65. The Bertz CT molecular complexity index is 390. The van der Waals surface area contributed by atoms with Crippen molar-refractivity contribution in [2.24, 2.45) is 11.3 Å². The molecule has 1 aromatic rings. The minimum Gasteiger partial charge on any atom is -0.382 e. The molecule has 1 aromatic heterocycles. The van der Waals surface area contributed by atoms with Crippen LogP contribution in [-0.4, -0.2) is 10.1 Å². The maximum absolute atomic E-state index is 10.8. The molecule has 2 atom stereocenters. The highest BCUT2D eigenvalue weighted by Gasteiger charge is 2.45. The average molecular weight is 304 g/mol. The van der Waals surface area contributed by atoms with E-state index in [9.17, 15) is 5.11 Å². The highest BCUT2D eigenvalue weighted by atomic mass is 79.9. The minimum atomic E-state index is -0.716. The van der Waals surface area contributed by atoms with E-state index in [2.05, 4.69) is 41.7 Å². The second kappa shape index (κ2) is 4.07. The number of thiazole rings is 1. The number of halogens is 1. The molecule has 0 amide bonds. The topological polar surface area (TPSA) is 33.1 Å². The first kappa shape index (κ1) is 12.5. The molecule has 0 saturated heterocycles. The second-order valence-electron chi connectivity index (χ2n) is 5.67. The molecule has 2 nitrogen and oxygen atoms in total. The van der Waals surface area contributed by atoms with Crippen LogP contribution in [0.5, 0.6) is 0 Å². The van der Waals surface area contributed by atoms with Gasteiger partial charge in [0.15, 0.2) is 0 Å². The van der Waals surface area contributed by atoms with Crippen LogP contribution in [-0.2, 0) is 5.60 Å². The molecule has 1 aliphatic carbocycles. The molecular formula is C12H18BrNOS. The SMILES string of the molecule is CC1CC(C)(C)CCC1(O)c1nc(Br)cs1. The zero-order valence-corrected chi connectivity index (χ0v) is 12.4. The molecule has 1 fully saturated rings. The van der Waals surface area contributed by atoms with Gasteiger partial charge in [-0.1, -0.05) is 20.8 Å². The lowest BCUT2D eigenvalue weighted by molar-refractivity contribution is -0.0771. The molecule has 16 heavy (non-hydrogen) atoms. The lowest BCUT2D eigenvalue weighted by atomic mass is 9.65. The summed E-state index contributed by atoms with van der Waals surface area (Å²) in [4.78, 5) is 4.39. The average Bonchev–Trinajstić information content (AvgIpc) is 2.59. The summed E-state index contributed by atoms with van der Waals surface area (Å²) in [5.74, 6) is 0.272. The van der Waals surface area contributed by atoms with Gasteiger partial charge in [-0.05, 0) is 46.5 Å². The molecule has 4 heteroatoms. The van der Waals surface area contributed by atoms with E-state index in [1.165, 1.54) is 0 Å². The van der Waals surface area contributed by atoms with Crippen LogP contribution in [0.1, 0.15) is 45.0 Å². The Morgan fingerprint density at radius 1 is 1.50 bits per heavy atom. The van der Waals surface area contributed by atoms with Crippen molar-refractivity contribution in [3.8, 4) is 0 Å². The monoisotopic (exact) mass is 303 g/mol. The minimum absolute atomic E-state index is 0.272. The molecule has 0 radical (unpaired) electrons. The van der Waals surface area contributed by atoms with Crippen molar-refractivity contribution in [2.75, 3.05) is 0 Å². The van der Waals surface area contributed by atoms with Gasteiger partial charge in [-0.15, -0.1) is 11.3 Å². The van der Waals surface area contributed by atoms with E-state index in [4.69, 9.17) is 0 Å². The van der Waals surface area contributed by atoms with Gasteiger partial charge >= 0.3 is 0 Å². The summed E-state index contributed by atoms with van der Waals surface area (Å²) in [6.45, 7) is 6.69. The summed E-state index contributed by atoms with van der Waals surface area (Å²) in [7, 11) is 0. The van der Waals surface area contributed by atoms with Crippen molar-refractivity contribution in [2.45, 2.75) is 45.6 Å². The first-order valence-electron chi connectivity index (χ1n) is 5.67. The number of hydrogen-bond donors (Lipinski definition) is 1. The maximum atomic E-state index is 10.8. The second-order valence-corrected chi connectivity index (χ2v) is 7.34. The van der Waals surface area contributed by atoms with Gasteiger partial charge in [0.2, 0.25) is 0 Å². The van der Waals surface area contributed by atoms with E-state index >= 15 is 0 Å². The third-order valence-corrected chi connectivity index (χ3v) is 5.42. The molecule has 1 heterocycles. The predicted octanol–water partition coefficient (Wildman–Crippen LogP) is 3.94. The van der Waals surface area contributed by atoms with E-state index in [0.29, 0.717) is 5.41 Å². The molecule has 1 N–H and O–H groups in total. The fraction of sp³-hybridized carbons (Fsp3) is 0.750. The largest absolute Gasteiger partial charge is 0.382 e. The summed E-state index contributed by atoms with van der Waals surface area (Å²) in [5, 5.41) is 13.6. The molecule has 1 aliphatic rings. The molecule has 2 rings (SSSR count). The van der Waals surface area contributed by atoms with Crippen molar-refractivity contribution in [3.05, 3.63) is 15.0 Å². The maximum Gasteiger partial charge on any atom is 0.126 e. The van der Waals surface area contributed by atoms with Gasteiger partial charge in [0.25, 0.3) is 0 Å². The first-order chi connectivity index (χ1) is 7.33. The molecule has 0 aromatic carbocycles. The zero-order chi connectivity index (χ0) is 12.0. The van der Waals surface area contributed by atoms with Crippen LogP contribution in [0.3, 0.4) is 0 Å². The zero-order valence-electron chi connectivity index (χ0n) is 9.96. The summed E-state index contributed by atoms with van der Waals surface area (Å²) < 4.78 is 0.831. The van der Waals surface area contributed by atoms with Crippen molar-refractivity contribution in [3.63, 3.8) is 0 Å². The van der Waals surface area contributed by atoms with Gasteiger partial charge in [-0.25, -0.2) is 4.98 Å². The van der Waals surface area contributed by atoms with Crippen LogP contribution in [0.2, 0.25) is 0 Å². The Kier molecular flexibility index (Phi) is 3.19. The van der Waals surface area contributed by atoms with Crippen LogP contribution in [0.25, 0.3) is 0 Å². The standard InChI is InChI=1S/C12H18BrNOS/c1-8-6-11(2,3)4-5-12(8,15)10-14-9(13)7-16-10/h7-8,15H,4-6H2,1-3H3. The molecule has 0 spiro atoms. The summed E-state index contributed by atoms with van der Waals surface area (Å²) in [5.41, 5.74) is -0.369. The third-order valence-electron chi connectivity index (χ3n) is 3.70. The van der Waals surface area contributed by atoms with Gasteiger partial charge < -0.3 is 5.11 Å². The highest BCUT2D eigenvalue weighted by Crippen LogP contribution is 2.49. The van der Waals surface area contributed by atoms with E-state index in [0.717, 1.165) is 28.9 Å². The van der Waals surface area contributed by atoms with E-state index in [-0.39, 0.29) is 5.92 Å². The fourth-order valence-corrected chi connectivity index (χ4v) is 4.14. The van der Waals surface area contributed by atoms with Crippen LogP contribution in [0.4, 0.5) is 0 Å². The van der Waals surface area contributed by atoms with Crippen molar-refractivity contribution in [1.82, 2.24) is 4.98 Å². The van der Waals surface area contributed by atoms with E-state index in [1.807, 2.05) is 5.38 Å². The van der Waals surface area contributed by atoms with Crippen molar-refractivity contribution >= 4 is 27.3 Å². The summed E-state index contributed by atoms with van der Waals surface area (Å²) in [6.07, 6.45) is 2.94. The highest BCUT2D eigenvalue weighted by molar-refractivity contribution is 9.10. The Morgan fingerprint density at radius 2 is 2.19 bits per heavy atom. The quantitative estimate of drug-likeness (QED) is 0.852. The van der Waals surface area contributed by atoms with E-state index in [1.54, 1.807) is 11.3 Å². The molecule has 0 aliphatic heterocycles. The van der Waals surface area contributed by atoms with Crippen molar-refractivity contribution < 1.29 is 5.11 Å². The summed E-state index contributed by atoms with van der Waals surface area (Å²) >= 11 is 4.90. The van der Waals surface area contributed by atoms with Gasteiger partial charge in [-0.3, -0.25) is 0 Å². The van der Waals surface area contributed by atoms with E-state index < -0.39 is 5.60 Å². The number of aromatic nitrogens is 1. The number of nitrogens with zero attached hydrogens (tertiary/aromatic N) is 1. The Morgan fingerprint density at radius 3 is 2.69 bits per heavy atom. The summed E-state index contributed by atoms with van der Waals surface area (Å²) in [6, 6.07) is 0. The number of rotatable bonds is 1. The lowest BCUT2D eigenvalue weighted by Gasteiger charge is -2.44. The van der Waals surface area contributed by atoms with Gasteiger partial charge in [0, 0.05) is 5.38 Å². The molecule has 90 valence electrons. The normalized spacial score (nSPS) is 33.9. The predicted molar refractivity (Wildman–Crippen MR) is 70.5 cm³/mol. The van der Waals surface area contributed by atoms with Crippen LogP contribution < -0.4 is 0 Å². The Balaban J connectivity index is 2.26. The molecular weight excluding hydrogens is 286 g/mol. The Hall–Kier alpha value is 0.0700. The van der Waals surface area contributed by atoms with Crippen LogP contribution in [0.15, 0.2) is 9.98 Å². The lowest BCUT2D eigenvalue weighted by Crippen LogP contribution is -2.41. The number of aliphatic hydroxyl groups is 1. The van der Waals surface area contributed by atoms with Crippen molar-refractivity contribution in [1.29, 1.82) is 0 Å². The van der Waals surface area contributed by atoms with Gasteiger partial charge in [0.1, 0.15) is 15.2 Å². The number of hydrogen-bond acceptors (Lipinski definition) is 3. The molecule has 1 saturated carbocycles. The van der Waals surface area contributed by atoms with Crippen LogP contribution in [0, 0.1) is 11.3 Å². The molecule has 2 unspecified atom stereocenters.